The minimum atomic E-state index is -0.128. The lowest BCUT2D eigenvalue weighted by atomic mass is 10.00. The summed E-state index contributed by atoms with van der Waals surface area (Å²) in [6.45, 7) is 6.15. The molecule has 0 aliphatic carbocycles. The van der Waals surface area contributed by atoms with Gasteiger partial charge in [-0.05, 0) is 38.1 Å². The lowest BCUT2D eigenvalue weighted by Crippen LogP contribution is -2.20. The number of Topliss-reactive ketones (excluding diaryl/α,β-unsaturated/α-hetero) is 1. The Kier molecular flexibility index (Phi) is 4.50. The van der Waals surface area contributed by atoms with Gasteiger partial charge >= 0.3 is 0 Å². The number of rotatable bonds is 5. The SMILES string of the molecule is CC(C)Oc1ccc(C(=O)C(C)CN)cc1. The van der Waals surface area contributed by atoms with E-state index in [4.69, 9.17) is 10.5 Å². The second-order valence-corrected chi connectivity index (χ2v) is 4.19. The van der Waals surface area contributed by atoms with E-state index >= 15 is 0 Å². The Bertz CT molecular complexity index is 343. The molecule has 0 saturated carbocycles. The molecule has 0 heterocycles. The standard InChI is InChI=1S/C13H19NO2/c1-9(2)16-12-6-4-11(5-7-12)13(15)10(3)8-14/h4-7,9-10H,8,14H2,1-3H3. The predicted octanol–water partition coefficient (Wildman–Crippen LogP) is 2.25. The largest absolute Gasteiger partial charge is 0.491 e. The summed E-state index contributed by atoms with van der Waals surface area (Å²) in [6.07, 6.45) is 0.143. The number of ketones is 1. The van der Waals surface area contributed by atoms with E-state index in [0.29, 0.717) is 12.1 Å². The average Bonchev–Trinajstić information content (AvgIpc) is 2.27. The first-order valence-corrected chi connectivity index (χ1v) is 5.55. The van der Waals surface area contributed by atoms with Gasteiger partial charge in [-0.25, -0.2) is 0 Å². The summed E-state index contributed by atoms with van der Waals surface area (Å²) in [5.74, 6) is 0.738. The van der Waals surface area contributed by atoms with Gasteiger partial charge in [0.05, 0.1) is 6.10 Å². The molecule has 0 spiro atoms. The van der Waals surface area contributed by atoms with Crippen LogP contribution in [-0.2, 0) is 0 Å². The smallest absolute Gasteiger partial charge is 0.166 e. The van der Waals surface area contributed by atoms with Gasteiger partial charge in [0.25, 0.3) is 0 Å². The molecule has 0 radical (unpaired) electrons. The second-order valence-electron chi connectivity index (χ2n) is 4.19. The van der Waals surface area contributed by atoms with Crippen molar-refractivity contribution in [3.8, 4) is 5.75 Å². The third kappa shape index (κ3) is 3.35. The van der Waals surface area contributed by atoms with Crippen LogP contribution in [0.4, 0.5) is 0 Å². The van der Waals surface area contributed by atoms with Crippen LogP contribution in [0.25, 0.3) is 0 Å². The Morgan fingerprint density at radius 1 is 1.25 bits per heavy atom. The van der Waals surface area contributed by atoms with E-state index in [1.54, 1.807) is 12.1 Å². The van der Waals surface area contributed by atoms with Crippen molar-refractivity contribution < 1.29 is 9.53 Å². The molecule has 88 valence electrons. The molecule has 0 aliphatic rings. The molecule has 1 unspecified atom stereocenters. The highest BCUT2D eigenvalue weighted by Gasteiger charge is 2.13. The van der Waals surface area contributed by atoms with Gasteiger partial charge in [0.1, 0.15) is 5.75 Å². The molecule has 3 heteroatoms. The van der Waals surface area contributed by atoms with Gasteiger partial charge in [-0.1, -0.05) is 6.92 Å². The summed E-state index contributed by atoms with van der Waals surface area (Å²) in [5, 5.41) is 0. The van der Waals surface area contributed by atoms with Crippen molar-refractivity contribution in [2.45, 2.75) is 26.9 Å². The molecular formula is C13H19NO2. The van der Waals surface area contributed by atoms with Gasteiger partial charge in [-0.2, -0.15) is 0 Å². The number of hydrogen-bond donors (Lipinski definition) is 1. The van der Waals surface area contributed by atoms with Gasteiger partial charge < -0.3 is 10.5 Å². The van der Waals surface area contributed by atoms with Crippen LogP contribution in [0, 0.1) is 5.92 Å². The minimum Gasteiger partial charge on any atom is -0.491 e. The number of benzene rings is 1. The summed E-state index contributed by atoms with van der Waals surface area (Å²) < 4.78 is 5.50. The fraction of sp³-hybridized carbons (Fsp3) is 0.462. The first kappa shape index (κ1) is 12.7. The quantitative estimate of drug-likeness (QED) is 0.776. The third-order valence-electron chi connectivity index (χ3n) is 2.31. The molecule has 1 aromatic carbocycles. The van der Waals surface area contributed by atoms with Crippen molar-refractivity contribution >= 4 is 5.78 Å². The first-order chi connectivity index (χ1) is 7.54. The maximum atomic E-state index is 11.8. The number of hydrogen-bond acceptors (Lipinski definition) is 3. The van der Waals surface area contributed by atoms with Crippen molar-refractivity contribution in [3.05, 3.63) is 29.8 Å². The third-order valence-corrected chi connectivity index (χ3v) is 2.31. The van der Waals surface area contributed by atoms with Gasteiger partial charge in [-0.15, -0.1) is 0 Å². The summed E-state index contributed by atoms with van der Waals surface area (Å²) in [7, 11) is 0. The zero-order valence-electron chi connectivity index (χ0n) is 10.1. The van der Waals surface area contributed by atoms with E-state index in [9.17, 15) is 4.79 Å². The fourth-order valence-electron chi connectivity index (χ4n) is 1.36. The Labute approximate surface area is 96.6 Å². The zero-order chi connectivity index (χ0) is 12.1. The van der Waals surface area contributed by atoms with Crippen molar-refractivity contribution in [2.75, 3.05) is 6.54 Å². The highest BCUT2D eigenvalue weighted by atomic mass is 16.5. The maximum absolute atomic E-state index is 11.8. The molecule has 0 bridgehead atoms. The summed E-state index contributed by atoms with van der Waals surface area (Å²) in [5.41, 5.74) is 6.15. The zero-order valence-corrected chi connectivity index (χ0v) is 10.1. The van der Waals surface area contributed by atoms with Crippen molar-refractivity contribution in [1.82, 2.24) is 0 Å². The second kappa shape index (κ2) is 5.66. The summed E-state index contributed by atoms with van der Waals surface area (Å²) in [4.78, 5) is 11.8. The predicted molar refractivity (Wildman–Crippen MR) is 64.8 cm³/mol. The molecule has 2 N–H and O–H groups in total. The lowest BCUT2D eigenvalue weighted by molar-refractivity contribution is 0.0934. The van der Waals surface area contributed by atoms with E-state index < -0.39 is 0 Å². The van der Waals surface area contributed by atoms with Gasteiger partial charge in [0.15, 0.2) is 5.78 Å². The molecule has 0 amide bonds. The average molecular weight is 221 g/mol. The highest BCUT2D eigenvalue weighted by Crippen LogP contribution is 2.16. The Hall–Kier alpha value is -1.35. The topological polar surface area (TPSA) is 52.3 Å². The van der Waals surface area contributed by atoms with Crippen LogP contribution in [0.1, 0.15) is 31.1 Å². The molecule has 0 saturated heterocycles. The molecule has 0 fully saturated rings. The molecule has 1 atom stereocenters. The number of carbonyl (C=O) groups is 1. The van der Waals surface area contributed by atoms with Crippen LogP contribution >= 0.6 is 0 Å². The lowest BCUT2D eigenvalue weighted by Gasteiger charge is -2.11. The van der Waals surface area contributed by atoms with Crippen LogP contribution < -0.4 is 10.5 Å². The van der Waals surface area contributed by atoms with Crippen molar-refractivity contribution in [3.63, 3.8) is 0 Å². The van der Waals surface area contributed by atoms with Crippen LogP contribution in [0.2, 0.25) is 0 Å². The number of ether oxygens (including phenoxy) is 1. The van der Waals surface area contributed by atoms with Crippen LogP contribution in [0.5, 0.6) is 5.75 Å². The summed E-state index contributed by atoms with van der Waals surface area (Å²) in [6, 6.07) is 7.20. The number of nitrogens with two attached hydrogens (primary N) is 1. The van der Waals surface area contributed by atoms with E-state index in [2.05, 4.69) is 0 Å². The maximum Gasteiger partial charge on any atom is 0.166 e. The Balaban J connectivity index is 2.74. The summed E-state index contributed by atoms with van der Waals surface area (Å²) >= 11 is 0. The molecule has 3 nitrogen and oxygen atoms in total. The van der Waals surface area contributed by atoms with E-state index in [-0.39, 0.29) is 17.8 Å². The van der Waals surface area contributed by atoms with Gasteiger partial charge in [0, 0.05) is 18.0 Å². The van der Waals surface area contributed by atoms with Crippen LogP contribution in [0.3, 0.4) is 0 Å². The molecule has 1 rings (SSSR count). The minimum absolute atomic E-state index is 0.0820. The van der Waals surface area contributed by atoms with Crippen LogP contribution in [0.15, 0.2) is 24.3 Å². The van der Waals surface area contributed by atoms with E-state index in [1.165, 1.54) is 0 Å². The molecular weight excluding hydrogens is 202 g/mol. The molecule has 0 aromatic heterocycles. The number of carbonyl (C=O) groups excluding carboxylic acids is 1. The van der Waals surface area contributed by atoms with Crippen molar-refractivity contribution in [2.24, 2.45) is 11.7 Å². The monoisotopic (exact) mass is 221 g/mol. The van der Waals surface area contributed by atoms with Gasteiger partial charge in [-0.3, -0.25) is 4.79 Å². The van der Waals surface area contributed by atoms with Crippen LogP contribution in [-0.4, -0.2) is 18.4 Å². The Morgan fingerprint density at radius 2 is 1.81 bits per heavy atom. The van der Waals surface area contributed by atoms with E-state index in [1.807, 2.05) is 32.9 Å². The van der Waals surface area contributed by atoms with Crippen molar-refractivity contribution in [1.29, 1.82) is 0 Å². The first-order valence-electron chi connectivity index (χ1n) is 5.55. The fourth-order valence-corrected chi connectivity index (χ4v) is 1.36. The molecule has 0 aliphatic heterocycles. The highest BCUT2D eigenvalue weighted by molar-refractivity contribution is 5.97. The Morgan fingerprint density at radius 3 is 2.25 bits per heavy atom. The molecule has 1 aromatic rings. The normalized spacial score (nSPS) is 12.6. The van der Waals surface area contributed by atoms with E-state index in [0.717, 1.165) is 5.75 Å². The van der Waals surface area contributed by atoms with Gasteiger partial charge in [0.2, 0.25) is 0 Å². The molecule has 16 heavy (non-hydrogen) atoms.